The topological polar surface area (TPSA) is 50.2 Å². The van der Waals surface area contributed by atoms with Crippen molar-refractivity contribution in [3.63, 3.8) is 0 Å². The van der Waals surface area contributed by atoms with Gasteiger partial charge in [-0.1, -0.05) is 22.0 Å². The van der Waals surface area contributed by atoms with Gasteiger partial charge in [0, 0.05) is 21.3 Å². The van der Waals surface area contributed by atoms with Crippen molar-refractivity contribution in [3.05, 3.63) is 39.5 Å². The van der Waals surface area contributed by atoms with Crippen LogP contribution in [0.5, 0.6) is 0 Å². The van der Waals surface area contributed by atoms with Gasteiger partial charge in [0.25, 0.3) is 0 Å². The lowest BCUT2D eigenvalue weighted by molar-refractivity contribution is 0.0698. The van der Waals surface area contributed by atoms with Crippen molar-refractivity contribution in [2.24, 2.45) is 0 Å². The van der Waals surface area contributed by atoms with E-state index in [1.165, 1.54) is 0 Å². The van der Waals surface area contributed by atoms with E-state index in [1.807, 2.05) is 18.2 Å². The zero-order valence-corrected chi connectivity index (χ0v) is 11.8. The summed E-state index contributed by atoms with van der Waals surface area (Å²) < 4.78 is 0.920. The fourth-order valence-electron chi connectivity index (χ4n) is 2.28. The van der Waals surface area contributed by atoms with Gasteiger partial charge in [-0.3, -0.25) is 4.98 Å². The highest BCUT2D eigenvalue weighted by molar-refractivity contribution is 9.10. The van der Waals surface area contributed by atoms with E-state index in [0.29, 0.717) is 5.56 Å². The minimum absolute atomic E-state index is 0.426. The number of thioether (sulfide) groups is 1. The summed E-state index contributed by atoms with van der Waals surface area (Å²) in [7, 11) is 0. The molecule has 0 bridgehead atoms. The molecule has 18 heavy (non-hydrogen) atoms. The van der Waals surface area contributed by atoms with Crippen LogP contribution in [0.1, 0.15) is 21.6 Å². The number of carboxylic acid groups (broad SMARTS) is 1. The van der Waals surface area contributed by atoms with Gasteiger partial charge in [0.15, 0.2) is 0 Å². The number of aromatic nitrogens is 1. The van der Waals surface area contributed by atoms with Crippen molar-refractivity contribution < 1.29 is 9.90 Å². The first-order valence-electron chi connectivity index (χ1n) is 5.59. The Morgan fingerprint density at radius 1 is 1.44 bits per heavy atom. The number of nitrogens with zero attached hydrogens (tertiary/aromatic N) is 1. The van der Waals surface area contributed by atoms with Gasteiger partial charge < -0.3 is 5.11 Å². The molecule has 0 saturated heterocycles. The second-order valence-electron chi connectivity index (χ2n) is 4.18. The Morgan fingerprint density at radius 3 is 3.06 bits per heavy atom. The molecule has 0 amide bonds. The summed E-state index contributed by atoms with van der Waals surface area (Å²) in [4.78, 5) is 16.1. The van der Waals surface area contributed by atoms with E-state index in [9.17, 15) is 9.90 Å². The van der Waals surface area contributed by atoms with Gasteiger partial charge in [0.05, 0.1) is 11.1 Å². The molecule has 1 aromatic heterocycles. The SMILES string of the molecule is O=C(O)c1c2c(nc3cc(Br)ccc13)CCSC2. The maximum atomic E-state index is 11.5. The number of rotatable bonds is 1. The Balaban J connectivity index is 2.40. The highest BCUT2D eigenvalue weighted by Crippen LogP contribution is 2.32. The second-order valence-corrected chi connectivity index (χ2v) is 6.20. The highest BCUT2D eigenvalue weighted by atomic mass is 79.9. The lowest BCUT2D eigenvalue weighted by atomic mass is 10.00. The predicted molar refractivity (Wildman–Crippen MR) is 76.3 cm³/mol. The largest absolute Gasteiger partial charge is 0.478 e. The van der Waals surface area contributed by atoms with Crippen LogP contribution in [0.3, 0.4) is 0 Å². The molecule has 1 aromatic carbocycles. The van der Waals surface area contributed by atoms with Gasteiger partial charge in [-0.2, -0.15) is 11.8 Å². The van der Waals surface area contributed by atoms with Gasteiger partial charge in [-0.25, -0.2) is 4.79 Å². The van der Waals surface area contributed by atoms with Crippen molar-refractivity contribution >= 4 is 44.6 Å². The molecule has 0 unspecified atom stereocenters. The van der Waals surface area contributed by atoms with Crippen LogP contribution >= 0.6 is 27.7 Å². The predicted octanol–water partition coefficient (Wildman–Crippen LogP) is 3.48. The lowest BCUT2D eigenvalue weighted by Gasteiger charge is -2.18. The van der Waals surface area contributed by atoms with Crippen LogP contribution in [-0.4, -0.2) is 21.8 Å². The summed E-state index contributed by atoms with van der Waals surface area (Å²) in [6.45, 7) is 0. The van der Waals surface area contributed by atoms with Crippen molar-refractivity contribution in [1.29, 1.82) is 0 Å². The third kappa shape index (κ3) is 1.91. The Labute approximate surface area is 117 Å². The molecule has 0 fully saturated rings. The first kappa shape index (κ1) is 12.0. The van der Waals surface area contributed by atoms with E-state index in [1.54, 1.807) is 11.8 Å². The fraction of sp³-hybridized carbons (Fsp3) is 0.231. The third-order valence-electron chi connectivity index (χ3n) is 3.08. The molecule has 3 rings (SSSR count). The first-order chi connectivity index (χ1) is 8.66. The van der Waals surface area contributed by atoms with Gasteiger partial charge in [0.1, 0.15) is 0 Å². The Hall–Kier alpha value is -1.07. The average molecular weight is 324 g/mol. The summed E-state index contributed by atoms with van der Waals surface area (Å²) in [6, 6.07) is 5.57. The minimum atomic E-state index is -0.858. The molecule has 0 radical (unpaired) electrons. The third-order valence-corrected chi connectivity index (χ3v) is 4.56. The molecule has 1 N–H and O–H groups in total. The number of carboxylic acids is 1. The van der Waals surface area contributed by atoms with Crippen molar-refractivity contribution in [2.75, 3.05) is 5.75 Å². The first-order valence-corrected chi connectivity index (χ1v) is 7.53. The van der Waals surface area contributed by atoms with Gasteiger partial charge in [-0.15, -0.1) is 0 Å². The fourth-order valence-corrected chi connectivity index (χ4v) is 3.62. The lowest BCUT2D eigenvalue weighted by Crippen LogP contribution is -2.13. The Morgan fingerprint density at radius 2 is 2.28 bits per heavy atom. The van der Waals surface area contributed by atoms with E-state index in [2.05, 4.69) is 20.9 Å². The molecule has 0 spiro atoms. The standard InChI is InChI=1S/C13H10BrNO2S/c14-7-1-2-8-11(5-7)15-10-3-4-18-6-9(10)12(8)13(16)17/h1-2,5H,3-4,6H2,(H,16,17). The quantitative estimate of drug-likeness (QED) is 0.872. The van der Waals surface area contributed by atoms with Crippen molar-refractivity contribution in [2.45, 2.75) is 12.2 Å². The monoisotopic (exact) mass is 323 g/mol. The molecule has 3 nitrogen and oxygen atoms in total. The summed E-state index contributed by atoms with van der Waals surface area (Å²) in [5, 5.41) is 10.2. The molecule has 1 aliphatic heterocycles. The van der Waals surface area contributed by atoms with Crippen molar-refractivity contribution in [1.82, 2.24) is 4.98 Å². The van der Waals surface area contributed by atoms with Crippen LogP contribution in [0.2, 0.25) is 0 Å². The van der Waals surface area contributed by atoms with Crippen LogP contribution in [0.4, 0.5) is 0 Å². The van der Waals surface area contributed by atoms with Crippen LogP contribution in [0.25, 0.3) is 10.9 Å². The molecule has 0 atom stereocenters. The van der Waals surface area contributed by atoms with Crippen LogP contribution in [0, 0.1) is 0 Å². The molecular weight excluding hydrogens is 314 g/mol. The van der Waals surface area contributed by atoms with E-state index in [-0.39, 0.29) is 0 Å². The Bertz CT molecular complexity index is 657. The van der Waals surface area contributed by atoms with E-state index < -0.39 is 5.97 Å². The summed E-state index contributed by atoms with van der Waals surface area (Å²) in [6.07, 6.45) is 0.850. The van der Waals surface area contributed by atoms with Gasteiger partial charge in [0.2, 0.25) is 0 Å². The normalized spacial score (nSPS) is 14.5. The highest BCUT2D eigenvalue weighted by Gasteiger charge is 2.22. The van der Waals surface area contributed by atoms with E-state index in [0.717, 1.165) is 44.6 Å². The molecule has 2 heterocycles. The molecular formula is C13H10BrNO2S. The van der Waals surface area contributed by atoms with E-state index in [4.69, 9.17) is 0 Å². The summed E-state index contributed by atoms with van der Waals surface area (Å²) in [5.74, 6) is 0.901. The number of hydrogen-bond donors (Lipinski definition) is 1. The van der Waals surface area contributed by atoms with Crippen LogP contribution < -0.4 is 0 Å². The number of benzene rings is 1. The number of pyridine rings is 1. The molecule has 0 saturated carbocycles. The average Bonchev–Trinajstić information content (AvgIpc) is 2.35. The molecule has 92 valence electrons. The minimum Gasteiger partial charge on any atom is -0.478 e. The number of aryl methyl sites for hydroxylation is 1. The smallest absolute Gasteiger partial charge is 0.336 e. The maximum absolute atomic E-state index is 11.5. The number of halogens is 1. The summed E-state index contributed by atoms with van der Waals surface area (Å²) >= 11 is 5.17. The van der Waals surface area contributed by atoms with Crippen LogP contribution in [-0.2, 0) is 12.2 Å². The molecule has 5 heteroatoms. The summed E-state index contributed by atoms with van der Waals surface area (Å²) in [5.41, 5.74) is 3.02. The maximum Gasteiger partial charge on any atom is 0.336 e. The second kappa shape index (κ2) is 4.55. The number of fused-ring (bicyclic) bond motifs is 2. The van der Waals surface area contributed by atoms with Gasteiger partial charge in [-0.05, 0) is 29.9 Å². The van der Waals surface area contributed by atoms with Crippen molar-refractivity contribution in [3.8, 4) is 0 Å². The van der Waals surface area contributed by atoms with Crippen LogP contribution in [0.15, 0.2) is 22.7 Å². The Kier molecular flexibility index (Phi) is 3.03. The number of hydrogen-bond acceptors (Lipinski definition) is 3. The molecule has 1 aliphatic rings. The molecule has 2 aromatic rings. The number of carbonyl (C=O) groups is 1. The number of aromatic carboxylic acids is 1. The molecule has 0 aliphatic carbocycles. The van der Waals surface area contributed by atoms with Gasteiger partial charge >= 0.3 is 5.97 Å². The zero-order valence-electron chi connectivity index (χ0n) is 9.44. The van der Waals surface area contributed by atoms with E-state index >= 15 is 0 Å². The zero-order chi connectivity index (χ0) is 12.7.